The summed E-state index contributed by atoms with van der Waals surface area (Å²) < 4.78 is 53.2. The van der Waals surface area contributed by atoms with Gasteiger partial charge in [0, 0.05) is 25.4 Å². The standard InChI is InChI=1S/C54H56F3N7O6S2/c1-34-46(72-33-60-34)38-12-10-35(11-13-38)31-59-48(66)44-9-7-26-62(44)49(67)47(52(2,3)4)61-45(65)32-69-27-5-6-28-70-42-22-17-37(18-23-42)36-14-19-40(20-15-36)64-51(71)63(50(68)53(64)24-8-25-53)41-21-16-39(30-58)43(29-41)54(55,56)57/h10-23,29,33,44,47H,5-9,24-28,31-32H2,1-4H3,(H,59,66)(H,61,65)/t44-,47?/m0/s1. The zero-order valence-electron chi connectivity index (χ0n) is 40.5. The third kappa shape index (κ3) is 11.0. The molecule has 4 aromatic carbocycles. The number of hydrogen-bond donors (Lipinski definition) is 2. The smallest absolute Gasteiger partial charge is 0.417 e. The first-order valence-electron chi connectivity index (χ1n) is 24.0. The lowest BCUT2D eigenvalue weighted by molar-refractivity contribution is -0.144. The number of thiazole rings is 1. The Bertz CT molecular complexity index is 2860. The molecule has 1 aliphatic carbocycles. The number of aromatic nitrogens is 1. The lowest BCUT2D eigenvalue weighted by Gasteiger charge is -2.43. The van der Waals surface area contributed by atoms with Crippen LogP contribution in [-0.4, -0.2) is 82.6 Å². The van der Waals surface area contributed by atoms with Gasteiger partial charge in [-0.2, -0.15) is 18.4 Å². The van der Waals surface area contributed by atoms with E-state index in [-0.39, 0.29) is 35.1 Å². The zero-order chi connectivity index (χ0) is 51.4. The highest BCUT2D eigenvalue weighted by Crippen LogP contribution is 2.48. The molecule has 0 radical (unpaired) electrons. The number of amides is 4. The first-order valence-corrected chi connectivity index (χ1v) is 25.3. The van der Waals surface area contributed by atoms with Crippen molar-refractivity contribution in [3.05, 3.63) is 119 Å². The minimum absolute atomic E-state index is 0.0350. The second kappa shape index (κ2) is 21.6. The Balaban J connectivity index is 0.766. The van der Waals surface area contributed by atoms with E-state index in [1.54, 1.807) is 27.2 Å². The summed E-state index contributed by atoms with van der Waals surface area (Å²) in [5, 5.41) is 15.2. The molecule has 1 saturated carbocycles. The number of halogens is 3. The Morgan fingerprint density at radius 3 is 2.18 bits per heavy atom. The first-order chi connectivity index (χ1) is 34.4. The van der Waals surface area contributed by atoms with E-state index in [4.69, 9.17) is 21.7 Å². The molecule has 4 amide bonds. The van der Waals surface area contributed by atoms with Crippen molar-refractivity contribution >= 4 is 63.7 Å². The number of thiocarbonyl (C=S) groups is 1. The number of likely N-dealkylation sites (tertiary alicyclic amines) is 1. The fraction of sp³-hybridized carbons (Fsp3) is 0.389. The molecule has 376 valence electrons. The number of nitrogens with zero attached hydrogens (tertiary/aromatic N) is 5. The molecule has 2 atom stereocenters. The molecule has 2 aliphatic heterocycles. The van der Waals surface area contributed by atoms with Crippen LogP contribution in [-0.2, 0) is 36.6 Å². The summed E-state index contributed by atoms with van der Waals surface area (Å²) in [6.07, 6.45) is -0.510. The normalized spacial score (nSPS) is 16.9. The van der Waals surface area contributed by atoms with Crippen molar-refractivity contribution in [3.8, 4) is 33.4 Å². The third-order valence-corrected chi connectivity index (χ3v) is 14.8. The summed E-state index contributed by atoms with van der Waals surface area (Å²) in [6, 6.07) is 26.3. The van der Waals surface area contributed by atoms with Crippen LogP contribution >= 0.6 is 23.6 Å². The Morgan fingerprint density at radius 1 is 0.917 bits per heavy atom. The fourth-order valence-electron chi connectivity index (χ4n) is 9.40. The molecule has 1 aromatic heterocycles. The van der Waals surface area contributed by atoms with Crippen molar-refractivity contribution in [2.24, 2.45) is 5.41 Å². The number of alkyl halides is 3. The Morgan fingerprint density at radius 2 is 1.57 bits per heavy atom. The minimum Gasteiger partial charge on any atom is -0.494 e. The number of benzene rings is 4. The van der Waals surface area contributed by atoms with E-state index in [1.165, 1.54) is 6.07 Å². The average Bonchev–Trinajstić information content (AvgIpc) is 4.08. The van der Waals surface area contributed by atoms with Gasteiger partial charge in [0.2, 0.25) is 17.7 Å². The Labute approximate surface area is 426 Å². The molecule has 13 nitrogen and oxygen atoms in total. The van der Waals surface area contributed by atoms with Crippen LogP contribution in [0.5, 0.6) is 5.75 Å². The molecular weight excluding hydrogens is 964 g/mol. The van der Waals surface area contributed by atoms with Crippen LogP contribution in [0, 0.1) is 23.7 Å². The van der Waals surface area contributed by atoms with Gasteiger partial charge < -0.3 is 29.9 Å². The first kappa shape index (κ1) is 51.7. The van der Waals surface area contributed by atoms with E-state index < -0.39 is 46.2 Å². The maximum absolute atomic E-state index is 14.0. The minimum atomic E-state index is -4.79. The molecule has 3 aliphatic rings. The van der Waals surface area contributed by atoms with E-state index in [9.17, 15) is 37.6 Å². The van der Waals surface area contributed by atoms with Crippen molar-refractivity contribution in [2.75, 3.05) is 36.2 Å². The molecular formula is C54H56F3N7O6S2. The summed E-state index contributed by atoms with van der Waals surface area (Å²) >= 11 is 7.36. The summed E-state index contributed by atoms with van der Waals surface area (Å²) in [5.41, 5.74) is 3.94. The predicted octanol–water partition coefficient (Wildman–Crippen LogP) is 9.75. The second-order valence-electron chi connectivity index (χ2n) is 19.4. The SMILES string of the molecule is Cc1ncsc1-c1ccc(CNC(=O)[C@@H]2CCCN2C(=O)C(NC(=O)COCCCCOc2ccc(-c3ccc(N4C(=S)N(c5ccc(C#N)c(C(F)(F)F)c5)C(=O)C45CCC5)cc3)cc2)C(C)(C)C)cc1. The van der Waals surface area contributed by atoms with Crippen molar-refractivity contribution in [1.29, 1.82) is 5.26 Å². The van der Waals surface area contributed by atoms with Gasteiger partial charge in [-0.05, 0) is 134 Å². The zero-order valence-corrected chi connectivity index (χ0v) is 42.1. The van der Waals surface area contributed by atoms with Crippen LogP contribution < -0.4 is 25.2 Å². The van der Waals surface area contributed by atoms with Crippen LogP contribution in [0.1, 0.15) is 88.1 Å². The number of hydrogen-bond acceptors (Lipinski definition) is 10. The van der Waals surface area contributed by atoms with E-state index in [1.807, 2.05) is 106 Å². The quantitative estimate of drug-likeness (QED) is 0.0679. The molecule has 2 N–H and O–H groups in total. The largest absolute Gasteiger partial charge is 0.494 e. The van der Waals surface area contributed by atoms with E-state index in [0.29, 0.717) is 76.3 Å². The maximum atomic E-state index is 14.0. The third-order valence-electron chi connectivity index (χ3n) is 13.5. The molecule has 72 heavy (non-hydrogen) atoms. The van der Waals surface area contributed by atoms with Crippen LogP contribution in [0.25, 0.3) is 21.6 Å². The molecule has 1 spiro atoms. The highest BCUT2D eigenvalue weighted by atomic mass is 32.1. The summed E-state index contributed by atoms with van der Waals surface area (Å²) in [5.74, 6) is -0.654. The molecule has 8 rings (SSSR count). The number of carbonyl (C=O) groups is 4. The van der Waals surface area contributed by atoms with Crippen LogP contribution in [0.2, 0.25) is 0 Å². The number of unbranched alkanes of at least 4 members (excludes halogenated alkanes) is 1. The monoisotopic (exact) mass is 1020 g/mol. The molecule has 3 fully saturated rings. The van der Waals surface area contributed by atoms with Gasteiger partial charge in [0.15, 0.2) is 5.11 Å². The summed E-state index contributed by atoms with van der Waals surface area (Å²) in [7, 11) is 0. The van der Waals surface area contributed by atoms with E-state index in [2.05, 4.69) is 15.6 Å². The van der Waals surface area contributed by atoms with Gasteiger partial charge in [0.1, 0.15) is 30.0 Å². The highest BCUT2D eigenvalue weighted by Gasteiger charge is 2.59. The number of carbonyl (C=O) groups excluding carboxylic acids is 4. The van der Waals surface area contributed by atoms with Crippen molar-refractivity contribution < 1.29 is 41.8 Å². The number of nitriles is 1. The Kier molecular flexibility index (Phi) is 15.5. The van der Waals surface area contributed by atoms with E-state index in [0.717, 1.165) is 56.3 Å². The number of anilines is 2. The Hall–Kier alpha value is -6.68. The number of nitrogens with one attached hydrogen (secondary N) is 2. The summed E-state index contributed by atoms with van der Waals surface area (Å²) in [4.78, 5) is 64.3. The van der Waals surface area contributed by atoms with Gasteiger partial charge >= 0.3 is 6.18 Å². The van der Waals surface area contributed by atoms with Crippen LogP contribution in [0.3, 0.4) is 0 Å². The lowest BCUT2D eigenvalue weighted by Crippen LogP contribution is -2.58. The van der Waals surface area contributed by atoms with Gasteiger partial charge in [0.05, 0.1) is 45.6 Å². The number of ether oxygens (including phenoxy) is 2. The van der Waals surface area contributed by atoms with Gasteiger partial charge in [-0.1, -0.05) is 69.3 Å². The molecule has 18 heteroatoms. The molecule has 5 aromatic rings. The van der Waals surface area contributed by atoms with Crippen LogP contribution in [0.15, 0.2) is 96.5 Å². The van der Waals surface area contributed by atoms with Crippen molar-refractivity contribution in [1.82, 2.24) is 20.5 Å². The predicted molar refractivity (Wildman–Crippen MR) is 273 cm³/mol. The topological polar surface area (TPSA) is 157 Å². The summed E-state index contributed by atoms with van der Waals surface area (Å²) in [6.45, 7) is 8.88. The molecule has 1 unspecified atom stereocenters. The molecule has 0 bridgehead atoms. The van der Waals surface area contributed by atoms with Gasteiger partial charge in [0.25, 0.3) is 5.91 Å². The van der Waals surface area contributed by atoms with Crippen molar-refractivity contribution in [2.45, 2.75) is 103 Å². The molecule has 2 saturated heterocycles. The molecule has 3 heterocycles. The number of aryl methyl sites for hydroxylation is 1. The van der Waals surface area contributed by atoms with Gasteiger partial charge in [-0.15, -0.1) is 11.3 Å². The van der Waals surface area contributed by atoms with E-state index >= 15 is 0 Å². The van der Waals surface area contributed by atoms with Gasteiger partial charge in [-0.3, -0.25) is 24.1 Å². The second-order valence-corrected chi connectivity index (χ2v) is 20.6. The van der Waals surface area contributed by atoms with Crippen LogP contribution in [0.4, 0.5) is 24.5 Å². The van der Waals surface area contributed by atoms with Crippen molar-refractivity contribution in [3.63, 3.8) is 0 Å². The lowest BCUT2D eigenvalue weighted by atomic mass is 9.75. The maximum Gasteiger partial charge on any atom is 0.417 e. The highest BCUT2D eigenvalue weighted by molar-refractivity contribution is 7.81. The van der Waals surface area contributed by atoms with Gasteiger partial charge in [-0.25, -0.2) is 4.98 Å². The average molecular weight is 1020 g/mol. The fourth-order valence-corrected chi connectivity index (χ4v) is 10.7. The number of rotatable bonds is 17.